The predicted molar refractivity (Wildman–Crippen MR) is 64.9 cm³/mol. The topological polar surface area (TPSA) is 57.5 Å². The Kier molecular flexibility index (Phi) is 4.35. The van der Waals surface area contributed by atoms with Gasteiger partial charge in [0.25, 0.3) is 0 Å². The van der Waals surface area contributed by atoms with Gasteiger partial charge in [0, 0.05) is 0 Å². The molecule has 1 rings (SSSR count). The van der Waals surface area contributed by atoms with Gasteiger partial charge in [-0.2, -0.15) is 0 Å². The maximum atomic E-state index is 10.6. The maximum Gasteiger partial charge on any atom is 0.303 e. The molecular weight excluding hydrogens is 248 g/mol. The molecule has 0 saturated carbocycles. The fourth-order valence-corrected chi connectivity index (χ4v) is 2.81. The van der Waals surface area contributed by atoms with Gasteiger partial charge in [-0.15, -0.1) is 11.3 Å². The molecule has 0 aliphatic rings. The summed E-state index contributed by atoms with van der Waals surface area (Å²) >= 11 is 7.29. The smallest absolute Gasteiger partial charge is 0.303 e. The standard InChI is InChI=1S/C11H15ClO3S/c1-11(2,6-9(14)15)5-8(13)10-7(12)3-4-16-10/h3-4,8,13H,5-6H2,1-2H3,(H,14,15). The number of aliphatic hydroxyl groups is 1. The van der Waals surface area contributed by atoms with Crippen LogP contribution in [-0.4, -0.2) is 16.2 Å². The lowest BCUT2D eigenvalue weighted by atomic mass is 9.83. The second-order valence-electron chi connectivity index (χ2n) is 4.59. The minimum Gasteiger partial charge on any atom is -0.481 e. The van der Waals surface area contributed by atoms with Crippen molar-refractivity contribution in [2.75, 3.05) is 0 Å². The third-order valence-corrected chi connectivity index (χ3v) is 3.78. The van der Waals surface area contributed by atoms with Crippen LogP contribution in [0.2, 0.25) is 5.02 Å². The third-order valence-electron chi connectivity index (χ3n) is 2.32. The van der Waals surface area contributed by atoms with E-state index in [2.05, 4.69) is 0 Å². The van der Waals surface area contributed by atoms with E-state index in [1.54, 1.807) is 6.07 Å². The number of thiophene rings is 1. The molecule has 5 heteroatoms. The quantitative estimate of drug-likeness (QED) is 0.856. The number of rotatable bonds is 5. The highest BCUT2D eigenvalue weighted by Gasteiger charge is 2.27. The summed E-state index contributed by atoms with van der Waals surface area (Å²) in [4.78, 5) is 11.4. The number of aliphatic carboxylic acids is 1. The van der Waals surface area contributed by atoms with Crippen molar-refractivity contribution in [2.24, 2.45) is 5.41 Å². The van der Waals surface area contributed by atoms with Gasteiger partial charge >= 0.3 is 5.97 Å². The number of carboxylic acids is 1. The second kappa shape index (κ2) is 5.17. The van der Waals surface area contributed by atoms with Crippen molar-refractivity contribution < 1.29 is 15.0 Å². The molecule has 0 aliphatic heterocycles. The van der Waals surface area contributed by atoms with Crippen molar-refractivity contribution >= 4 is 28.9 Å². The summed E-state index contributed by atoms with van der Waals surface area (Å²) in [6.45, 7) is 3.65. The Morgan fingerprint density at radius 1 is 1.62 bits per heavy atom. The van der Waals surface area contributed by atoms with E-state index in [0.29, 0.717) is 16.3 Å². The van der Waals surface area contributed by atoms with Crippen molar-refractivity contribution in [1.82, 2.24) is 0 Å². The zero-order chi connectivity index (χ0) is 12.3. The average molecular weight is 263 g/mol. The first-order chi connectivity index (χ1) is 7.32. The van der Waals surface area contributed by atoms with Crippen molar-refractivity contribution in [2.45, 2.75) is 32.8 Å². The molecule has 16 heavy (non-hydrogen) atoms. The van der Waals surface area contributed by atoms with Crippen LogP contribution >= 0.6 is 22.9 Å². The Labute approximate surface area is 104 Å². The molecule has 0 spiro atoms. The van der Waals surface area contributed by atoms with Crippen LogP contribution in [0.5, 0.6) is 0 Å². The minimum atomic E-state index is -0.852. The van der Waals surface area contributed by atoms with Gasteiger partial charge in [0.05, 0.1) is 22.4 Å². The Morgan fingerprint density at radius 3 is 2.69 bits per heavy atom. The van der Waals surface area contributed by atoms with Crippen molar-refractivity contribution in [3.63, 3.8) is 0 Å². The van der Waals surface area contributed by atoms with E-state index >= 15 is 0 Å². The zero-order valence-electron chi connectivity index (χ0n) is 9.24. The Hall–Kier alpha value is -0.580. The van der Waals surface area contributed by atoms with Crippen molar-refractivity contribution in [3.05, 3.63) is 21.3 Å². The summed E-state index contributed by atoms with van der Waals surface area (Å²) in [6.07, 6.45) is -0.270. The predicted octanol–water partition coefficient (Wildman–Crippen LogP) is 3.33. The molecule has 0 aromatic carbocycles. The van der Waals surface area contributed by atoms with E-state index in [4.69, 9.17) is 16.7 Å². The molecule has 1 aromatic heterocycles. The summed E-state index contributed by atoms with van der Waals surface area (Å²) < 4.78 is 0. The highest BCUT2D eigenvalue weighted by molar-refractivity contribution is 7.10. The van der Waals surface area contributed by atoms with Crippen molar-refractivity contribution in [1.29, 1.82) is 0 Å². The molecule has 1 atom stereocenters. The van der Waals surface area contributed by atoms with Crippen LogP contribution in [0.1, 0.15) is 37.7 Å². The van der Waals surface area contributed by atoms with Gasteiger partial charge in [-0.3, -0.25) is 4.79 Å². The molecule has 0 radical (unpaired) electrons. The summed E-state index contributed by atoms with van der Waals surface area (Å²) in [5, 5.41) is 21.1. The van der Waals surface area contributed by atoms with E-state index in [1.165, 1.54) is 11.3 Å². The molecular formula is C11H15ClO3S. The van der Waals surface area contributed by atoms with Gasteiger partial charge in [0.15, 0.2) is 0 Å². The molecule has 1 aromatic rings. The monoisotopic (exact) mass is 262 g/mol. The SMILES string of the molecule is CC(C)(CC(=O)O)CC(O)c1sccc1Cl. The van der Waals surface area contributed by atoms with Crippen LogP contribution in [0.4, 0.5) is 0 Å². The maximum absolute atomic E-state index is 10.6. The molecule has 0 amide bonds. The van der Waals surface area contributed by atoms with Crippen LogP contribution in [-0.2, 0) is 4.79 Å². The summed E-state index contributed by atoms with van der Waals surface area (Å²) in [5.74, 6) is -0.852. The van der Waals surface area contributed by atoms with Gasteiger partial charge in [0.1, 0.15) is 0 Å². The number of aliphatic hydroxyl groups excluding tert-OH is 1. The molecule has 0 aliphatic carbocycles. The highest BCUT2D eigenvalue weighted by Crippen LogP contribution is 2.37. The van der Waals surface area contributed by atoms with Crippen LogP contribution < -0.4 is 0 Å². The molecule has 0 fully saturated rings. The fraction of sp³-hybridized carbons (Fsp3) is 0.545. The lowest BCUT2D eigenvalue weighted by Gasteiger charge is -2.25. The zero-order valence-corrected chi connectivity index (χ0v) is 10.8. The molecule has 1 unspecified atom stereocenters. The minimum absolute atomic E-state index is 0.0348. The van der Waals surface area contributed by atoms with Gasteiger partial charge in [-0.05, 0) is 23.3 Å². The van der Waals surface area contributed by atoms with E-state index in [1.807, 2.05) is 19.2 Å². The summed E-state index contributed by atoms with van der Waals surface area (Å²) in [7, 11) is 0. The molecule has 0 bridgehead atoms. The van der Waals surface area contributed by atoms with E-state index in [0.717, 1.165) is 0 Å². The van der Waals surface area contributed by atoms with E-state index in [-0.39, 0.29) is 6.42 Å². The first-order valence-electron chi connectivity index (χ1n) is 4.94. The third kappa shape index (κ3) is 3.77. The normalized spacial score (nSPS) is 13.8. The van der Waals surface area contributed by atoms with Gasteiger partial charge in [-0.25, -0.2) is 0 Å². The number of hydrogen-bond donors (Lipinski definition) is 2. The molecule has 1 heterocycles. The lowest BCUT2D eigenvalue weighted by molar-refractivity contribution is -0.139. The van der Waals surface area contributed by atoms with E-state index in [9.17, 15) is 9.90 Å². The fourth-order valence-electron chi connectivity index (χ4n) is 1.64. The van der Waals surface area contributed by atoms with Gasteiger partial charge in [0.2, 0.25) is 0 Å². The summed E-state index contributed by atoms with van der Waals surface area (Å²) in [5.41, 5.74) is -0.446. The van der Waals surface area contributed by atoms with Crippen LogP contribution in [0.3, 0.4) is 0 Å². The first-order valence-corrected chi connectivity index (χ1v) is 6.20. The van der Waals surface area contributed by atoms with Crippen LogP contribution in [0, 0.1) is 5.41 Å². The number of carboxylic acid groups (broad SMARTS) is 1. The van der Waals surface area contributed by atoms with Gasteiger partial charge in [-0.1, -0.05) is 25.4 Å². The lowest BCUT2D eigenvalue weighted by Crippen LogP contribution is -2.19. The first kappa shape index (κ1) is 13.5. The van der Waals surface area contributed by atoms with Gasteiger partial charge < -0.3 is 10.2 Å². The Balaban J connectivity index is 2.67. The number of carbonyl (C=O) groups is 1. The molecule has 0 saturated heterocycles. The van der Waals surface area contributed by atoms with Crippen LogP contribution in [0.25, 0.3) is 0 Å². The average Bonchev–Trinajstić information content (AvgIpc) is 2.47. The van der Waals surface area contributed by atoms with Crippen molar-refractivity contribution in [3.8, 4) is 0 Å². The van der Waals surface area contributed by atoms with E-state index < -0.39 is 17.5 Å². The molecule has 3 nitrogen and oxygen atoms in total. The molecule has 2 N–H and O–H groups in total. The number of halogens is 1. The summed E-state index contributed by atoms with van der Waals surface area (Å²) in [6, 6.07) is 1.73. The highest BCUT2D eigenvalue weighted by atomic mass is 35.5. The Bertz CT molecular complexity index is 373. The van der Waals surface area contributed by atoms with Crippen LogP contribution in [0.15, 0.2) is 11.4 Å². The largest absolute Gasteiger partial charge is 0.481 e. The second-order valence-corrected chi connectivity index (χ2v) is 5.94. The number of hydrogen-bond acceptors (Lipinski definition) is 3. The molecule has 90 valence electrons. The Morgan fingerprint density at radius 2 is 2.25 bits per heavy atom.